The minimum absolute atomic E-state index is 0.232. The van der Waals surface area contributed by atoms with Crippen molar-refractivity contribution in [2.75, 3.05) is 13.2 Å². The molecule has 9 nitrogen and oxygen atoms in total. The van der Waals surface area contributed by atoms with E-state index in [1.807, 2.05) is 6.92 Å². The molecule has 1 aromatic carbocycles. The number of rotatable bonds is 9. The van der Waals surface area contributed by atoms with Gasteiger partial charge in [0.05, 0.1) is 13.2 Å². The van der Waals surface area contributed by atoms with Gasteiger partial charge in [0.2, 0.25) is 0 Å². The van der Waals surface area contributed by atoms with Gasteiger partial charge < -0.3 is 14.8 Å². The smallest absolute Gasteiger partial charge is 0.266 e. The summed E-state index contributed by atoms with van der Waals surface area (Å²) in [5.74, 6) is 1.55. The fraction of sp³-hybridized carbons (Fsp3) is 0.300. The average Bonchev–Trinajstić information content (AvgIpc) is 3.26. The lowest BCUT2D eigenvalue weighted by Gasteiger charge is -2.15. The van der Waals surface area contributed by atoms with Gasteiger partial charge >= 0.3 is 0 Å². The summed E-state index contributed by atoms with van der Waals surface area (Å²) in [6.45, 7) is 4.63. The molecule has 2 aromatic heterocycles. The molecule has 0 aliphatic carbocycles. The molecule has 2 heterocycles. The van der Waals surface area contributed by atoms with Crippen LogP contribution in [-0.4, -0.2) is 44.7 Å². The van der Waals surface area contributed by atoms with E-state index in [1.165, 1.54) is 10.7 Å². The zero-order chi connectivity index (χ0) is 20.6. The molecule has 1 N–H and O–H groups in total. The van der Waals surface area contributed by atoms with Crippen LogP contribution in [0.25, 0.3) is 5.82 Å². The van der Waals surface area contributed by atoms with Gasteiger partial charge in [0, 0.05) is 25.0 Å². The van der Waals surface area contributed by atoms with E-state index >= 15 is 0 Å². The Balaban J connectivity index is 1.51. The van der Waals surface area contributed by atoms with Crippen molar-refractivity contribution in [3.63, 3.8) is 0 Å². The van der Waals surface area contributed by atoms with Gasteiger partial charge in [-0.3, -0.25) is 9.59 Å². The van der Waals surface area contributed by atoms with E-state index in [9.17, 15) is 9.59 Å². The first kappa shape index (κ1) is 20.1. The number of amides is 1. The van der Waals surface area contributed by atoms with Crippen LogP contribution >= 0.6 is 0 Å². The second-order valence-corrected chi connectivity index (χ2v) is 6.16. The number of ether oxygens (including phenoxy) is 2. The van der Waals surface area contributed by atoms with Gasteiger partial charge in [-0.2, -0.15) is 5.10 Å². The maximum absolute atomic E-state index is 12.3. The molecule has 1 unspecified atom stereocenters. The zero-order valence-corrected chi connectivity index (χ0v) is 16.3. The summed E-state index contributed by atoms with van der Waals surface area (Å²) in [7, 11) is 0. The van der Waals surface area contributed by atoms with Crippen molar-refractivity contribution in [2.45, 2.75) is 26.5 Å². The number of hydrogen-bond donors (Lipinski definition) is 1. The normalized spacial score (nSPS) is 11.7. The predicted molar refractivity (Wildman–Crippen MR) is 106 cm³/mol. The largest absolute Gasteiger partial charge is 0.494 e. The second kappa shape index (κ2) is 9.54. The van der Waals surface area contributed by atoms with Crippen molar-refractivity contribution < 1.29 is 14.3 Å². The Morgan fingerprint density at radius 3 is 2.62 bits per heavy atom. The van der Waals surface area contributed by atoms with Crippen molar-refractivity contribution in [2.24, 2.45) is 0 Å². The summed E-state index contributed by atoms with van der Waals surface area (Å²) in [4.78, 5) is 24.3. The average molecular weight is 397 g/mol. The summed E-state index contributed by atoms with van der Waals surface area (Å²) in [6, 6.07) is 11.9. The monoisotopic (exact) mass is 397 g/mol. The number of carbonyl (C=O) groups excluding carboxylic acids is 1. The van der Waals surface area contributed by atoms with Crippen LogP contribution in [0, 0.1) is 0 Å². The number of aromatic nitrogens is 4. The standard InChI is InChI=1S/C20H23N5O4/c1-3-28-16-5-7-17(8-6-16)29-15(2)20(27)21-12-14-25-19(26)10-9-18(23-25)24-13-4-11-22-24/h4-11,13,15H,3,12,14H2,1-2H3,(H,21,27). The highest BCUT2D eigenvalue weighted by atomic mass is 16.5. The number of benzene rings is 1. The van der Waals surface area contributed by atoms with Crippen molar-refractivity contribution in [1.29, 1.82) is 0 Å². The van der Waals surface area contributed by atoms with Crippen molar-refractivity contribution in [1.82, 2.24) is 24.9 Å². The highest BCUT2D eigenvalue weighted by Gasteiger charge is 2.14. The molecule has 152 valence electrons. The molecule has 3 rings (SSSR count). The van der Waals surface area contributed by atoms with E-state index in [1.54, 1.807) is 60.4 Å². The molecule has 0 fully saturated rings. The van der Waals surface area contributed by atoms with E-state index in [0.717, 1.165) is 5.75 Å². The molecule has 0 spiro atoms. The third-order valence-electron chi connectivity index (χ3n) is 4.03. The highest BCUT2D eigenvalue weighted by molar-refractivity contribution is 5.80. The minimum atomic E-state index is -0.687. The molecular weight excluding hydrogens is 374 g/mol. The molecular formula is C20H23N5O4. The molecule has 29 heavy (non-hydrogen) atoms. The van der Waals surface area contributed by atoms with Gasteiger partial charge in [0.25, 0.3) is 11.5 Å². The molecule has 0 saturated carbocycles. The first-order valence-corrected chi connectivity index (χ1v) is 9.32. The van der Waals surface area contributed by atoms with E-state index < -0.39 is 6.10 Å². The zero-order valence-electron chi connectivity index (χ0n) is 16.3. The Labute approximate surface area is 167 Å². The van der Waals surface area contributed by atoms with Gasteiger partial charge in [0.1, 0.15) is 11.5 Å². The molecule has 9 heteroatoms. The number of carbonyl (C=O) groups is 1. The van der Waals surface area contributed by atoms with Gasteiger partial charge in [0.15, 0.2) is 11.9 Å². The highest BCUT2D eigenvalue weighted by Crippen LogP contribution is 2.18. The van der Waals surface area contributed by atoms with Gasteiger partial charge in [-0.25, -0.2) is 9.36 Å². The molecule has 0 bridgehead atoms. The maximum atomic E-state index is 12.3. The maximum Gasteiger partial charge on any atom is 0.266 e. The molecule has 1 amide bonds. The quantitative estimate of drug-likeness (QED) is 0.586. The minimum Gasteiger partial charge on any atom is -0.494 e. The third-order valence-corrected chi connectivity index (χ3v) is 4.03. The SMILES string of the molecule is CCOc1ccc(OC(C)C(=O)NCCn2nc(-n3cccn3)ccc2=O)cc1. The lowest BCUT2D eigenvalue weighted by molar-refractivity contribution is -0.127. The second-order valence-electron chi connectivity index (χ2n) is 6.16. The predicted octanol–water partition coefficient (Wildman–Crippen LogP) is 1.41. The number of nitrogens with zero attached hydrogens (tertiary/aromatic N) is 4. The first-order valence-electron chi connectivity index (χ1n) is 9.32. The van der Waals surface area contributed by atoms with E-state index in [4.69, 9.17) is 9.47 Å². The molecule has 3 aromatic rings. The molecule has 0 radical (unpaired) electrons. The van der Waals surface area contributed by atoms with Crippen LogP contribution in [-0.2, 0) is 11.3 Å². The number of nitrogens with one attached hydrogen (secondary N) is 1. The molecule has 1 atom stereocenters. The van der Waals surface area contributed by atoms with E-state index in [-0.39, 0.29) is 24.6 Å². The van der Waals surface area contributed by atoms with Crippen LogP contribution in [0.3, 0.4) is 0 Å². The van der Waals surface area contributed by atoms with Crippen LogP contribution in [0.2, 0.25) is 0 Å². The summed E-state index contributed by atoms with van der Waals surface area (Å²) < 4.78 is 13.9. The van der Waals surface area contributed by atoms with Gasteiger partial charge in [-0.1, -0.05) is 0 Å². The number of hydrogen-bond acceptors (Lipinski definition) is 6. The van der Waals surface area contributed by atoms with Gasteiger partial charge in [-0.05, 0) is 50.2 Å². The lowest BCUT2D eigenvalue weighted by Crippen LogP contribution is -2.39. The molecule has 0 saturated heterocycles. The van der Waals surface area contributed by atoms with Crippen molar-refractivity contribution in [3.05, 3.63) is 65.2 Å². The Morgan fingerprint density at radius 1 is 1.17 bits per heavy atom. The van der Waals surface area contributed by atoms with Crippen LogP contribution in [0.1, 0.15) is 13.8 Å². The summed E-state index contributed by atoms with van der Waals surface area (Å²) >= 11 is 0. The third kappa shape index (κ3) is 5.44. The van der Waals surface area contributed by atoms with Crippen LogP contribution in [0.15, 0.2) is 59.7 Å². The van der Waals surface area contributed by atoms with Crippen LogP contribution in [0.4, 0.5) is 0 Å². The Morgan fingerprint density at radius 2 is 1.93 bits per heavy atom. The summed E-state index contributed by atoms with van der Waals surface area (Å²) in [6.07, 6.45) is 2.68. The fourth-order valence-electron chi connectivity index (χ4n) is 2.59. The van der Waals surface area contributed by atoms with Crippen LogP contribution < -0.4 is 20.3 Å². The molecule has 0 aliphatic heterocycles. The lowest BCUT2D eigenvalue weighted by atomic mass is 10.3. The van der Waals surface area contributed by atoms with Gasteiger partial charge in [-0.15, -0.1) is 5.10 Å². The first-order chi connectivity index (χ1) is 14.1. The van der Waals surface area contributed by atoms with E-state index in [0.29, 0.717) is 18.2 Å². The fourth-order valence-corrected chi connectivity index (χ4v) is 2.59. The molecule has 0 aliphatic rings. The van der Waals surface area contributed by atoms with Crippen molar-refractivity contribution in [3.8, 4) is 17.3 Å². The Kier molecular flexibility index (Phi) is 6.62. The van der Waals surface area contributed by atoms with Crippen LogP contribution in [0.5, 0.6) is 11.5 Å². The Hall–Kier alpha value is -3.62. The summed E-state index contributed by atoms with van der Waals surface area (Å²) in [5.41, 5.74) is -0.256. The Bertz CT molecular complexity index is 983. The topological polar surface area (TPSA) is 100 Å². The van der Waals surface area contributed by atoms with Crippen molar-refractivity contribution >= 4 is 5.91 Å². The summed E-state index contributed by atoms with van der Waals surface area (Å²) in [5, 5.41) is 11.1. The van der Waals surface area contributed by atoms with E-state index in [2.05, 4.69) is 15.5 Å².